The first kappa shape index (κ1) is 21.1. The van der Waals surface area contributed by atoms with Gasteiger partial charge in [-0.05, 0) is 49.8 Å². The standard InChI is InChI=1S/C23H26F2O5/c1-12(26)30-11-19(28)15-5-4-14-16-9-18(24)17-8-13(27)6-7-22(17,3)23(16,25)20(29)10-21(14,15)2/h5-8,14,16,18,20,29H,4,9-11H2,1-3H3/t14-,16-,18-,20-,21-,22-,23?/m0/s1. The predicted octanol–water partition coefficient (Wildman–Crippen LogP) is 2.97. The van der Waals surface area contributed by atoms with Crippen molar-refractivity contribution in [2.45, 2.75) is 58.0 Å². The highest BCUT2D eigenvalue weighted by molar-refractivity contribution is 6.01. The van der Waals surface area contributed by atoms with Crippen molar-refractivity contribution in [2.24, 2.45) is 22.7 Å². The number of esters is 1. The lowest BCUT2D eigenvalue weighted by Crippen LogP contribution is -2.68. The number of aliphatic hydroxyl groups is 1. The Balaban J connectivity index is 1.72. The van der Waals surface area contributed by atoms with Gasteiger partial charge < -0.3 is 9.84 Å². The van der Waals surface area contributed by atoms with Crippen molar-refractivity contribution in [3.63, 3.8) is 0 Å². The number of fused-ring (bicyclic) bond motifs is 5. The zero-order valence-electron chi connectivity index (χ0n) is 17.3. The minimum atomic E-state index is -2.16. The Hall–Kier alpha value is -2.15. The SMILES string of the molecule is CC(=O)OCC(=O)C1=CC[C@H]2[C@@H]3C[C@H](F)C4=CC(=O)C=C[C@]4(C)C3(F)[C@@H](O)C[C@]12C. The van der Waals surface area contributed by atoms with Crippen LogP contribution in [0.3, 0.4) is 0 Å². The van der Waals surface area contributed by atoms with Crippen LogP contribution in [-0.2, 0) is 19.1 Å². The van der Waals surface area contributed by atoms with Crippen molar-refractivity contribution in [1.82, 2.24) is 0 Å². The van der Waals surface area contributed by atoms with Crippen LogP contribution >= 0.6 is 0 Å². The van der Waals surface area contributed by atoms with Crippen molar-refractivity contribution in [3.05, 3.63) is 35.5 Å². The van der Waals surface area contributed by atoms with E-state index in [1.165, 1.54) is 19.1 Å². The van der Waals surface area contributed by atoms with Crippen LogP contribution in [0.25, 0.3) is 0 Å². The Kier molecular flexibility index (Phi) is 4.69. The van der Waals surface area contributed by atoms with E-state index in [0.29, 0.717) is 12.0 Å². The monoisotopic (exact) mass is 420 g/mol. The molecule has 0 aliphatic heterocycles. The minimum Gasteiger partial charge on any atom is -0.457 e. The van der Waals surface area contributed by atoms with Crippen LogP contribution < -0.4 is 0 Å². The van der Waals surface area contributed by atoms with Crippen molar-refractivity contribution < 1.29 is 33.0 Å². The maximum Gasteiger partial charge on any atom is 0.303 e. The topological polar surface area (TPSA) is 80.7 Å². The second-order valence-corrected chi connectivity index (χ2v) is 9.42. The second kappa shape index (κ2) is 6.67. The van der Waals surface area contributed by atoms with E-state index in [0.717, 1.165) is 6.08 Å². The zero-order chi connectivity index (χ0) is 22.1. The first-order valence-corrected chi connectivity index (χ1v) is 10.3. The molecule has 4 aliphatic rings. The van der Waals surface area contributed by atoms with Gasteiger partial charge in [0.1, 0.15) is 6.17 Å². The molecule has 0 radical (unpaired) electrons. The number of hydrogen-bond donors (Lipinski definition) is 1. The molecule has 2 fully saturated rings. The van der Waals surface area contributed by atoms with Gasteiger partial charge in [-0.2, -0.15) is 0 Å². The lowest BCUT2D eigenvalue weighted by molar-refractivity contribution is -0.192. The lowest BCUT2D eigenvalue weighted by Gasteiger charge is -2.62. The number of hydrogen-bond acceptors (Lipinski definition) is 5. The summed E-state index contributed by atoms with van der Waals surface area (Å²) in [6.07, 6.45) is 2.76. The second-order valence-electron chi connectivity index (χ2n) is 9.42. The van der Waals surface area contributed by atoms with Crippen LogP contribution in [-0.4, -0.2) is 47.2 Å². The Labute approximate surface area is 173 Å². The van der Waals surface area contributed by atoms with Gasteiger partial charge in [0.2, 0.25) is 0 Å². The highest BCUT2D eigenvalue weighted by Crippen LogP contribution is 2.68. The van der Waals surface area contributed by atoms with Crippen LogP contribution in [0, 0.1) is 22.7 Å². The lowest BCUT2D eigenvalue weighted by atomic mass is 9.45. The molecule has 0 aromatic heterocycles. The molecular formula is C23H26F2O5. The fourth-order valence-corrected chi connectivity index (χ4v) is 6.45. The van der Waals surface area contributed by atoms with Gasteiger partial charge in [0, 0.05) is 29.2 Å². The van der Waals surface area contributed by atoms with Crippen molar-refractivity contribution in [3.8, 4) is 0 Å². The number of allylic oxidation sites excluding steroid dienone is 5. The summed E-state index contributed by atoms with van der Waals surface area (Å²) in [5.74, 6) is -2.56. The highest BCUT2D eigenvalue weighted by atomic mass is 19.1. The summed E-state index contributed by atoms with van der Waals surface area (Å²) in [5, 5.41) is 11.1. The third-order valence-corrected chi connectivity index (χ3v) is 7.92. The van der Waals surface area contributed by atoms with Crippen molar-refractivity contribution >= 4 is 17.5 Å². The fraction of sp³-hybridized carbons (Fsp3) is 0.609. The first-order valence-electron chi connectivity index (χ1n) is 10.3. The summed E-state index contributed by atoms with van der Waals surface area (Å²) in [5.41, 5.74) is -3.96. The van der Waals surface area contributed by atoms with Gasteiger partial charge in [-0.15, -0.1) is 0 Å². The first-order chi connectivity index (χ1) is 13.9. The summed E-state index contributed by atoms with van der Waals surface area (Å²) < 4.78 is 36.9. The molecule has 0 amide bonds. The summed E-state index contributed by atoms with van der Waals surface area (Å²) in [6.45, 7) is 4.14. The number of aliphatic hydroxyl groups excluding tert-OH is 1. The molecule has 5 nitrogen and oxygen atoms in total. The molecule has 7 heteroatoms. The van der Waals surface area contributed by atoms with Gasteiger partial charge in [-0.25, -0.2) is 8.78 Å². The Bertz CT molecular complexity index is 921. The molecule has 162 valence electrons. The molecule has 1 unspecified atom stereocenters. The number of carbonyl (C=O) groups excluding carboxylic acids is 3. The molecule has 1 N–H and O–H groups in total. The molecule has 0 aromatic carbocycles. The summed E-state index contributed by atoms with van der Waals surface area (Å²) in [6, 6.07) is 0. The van der Waals surface area contributed by atoms with Crippen molar-refractivity contribution in [2.75, 3.05) is 6.61 Å². The Morgan fingerprint density at radius 1 is 1.30 bits per heavy atom. The van der Waals surface area contributed by atoms with Gasteiger partial charge in [-0.3, -0.25) is 14.4 Å². The minimum absolute atomic E-state index is 0.01000. The quantitative estimate of drug-likeness (QED) is 0.710. The van der Waals surface area contributed by atoms with Gasteiger partial charge in [0.05, 0.1) is 6.10 Å². The number of rotatable bonds is 3. The predicted molar refractivity (Wildman–Crippen MR) is 104 cm³/mol. The van der Waals surface area contributed by atoms with E-state index in [1.54, 1.807) is 19.9 Å². The van der Waals surface area contributed by atoms with E-state index in [4.69, 9.17) is 4.74 Å². The normalized spacial score (nSPS) is 44.4. The molecule has 2 saturated carbocycles. The molecule has 0 bridgehead atoms. The Morgan fingerprint density at radius 3 is 2.67 bits per heavy atom. The van der Waals surface area contributed by atoms with E-state index >= 15 is 8.78 Å². The van der Waals surface area contributed by atoms with Gasteiger partial charge in [0.15, 0.2) is 23.8 Å². The fourth-order valence-electron chi connectivity index (χ4n) is 6.45. The summed E-state index contributed by atoms with van der Waals surface area (Å²) in [4.78, 5) is 35.6. The van der Waals surface area contributed by atoms with Gasteiger partial charge in [-0.1, -0.05) is 19.1 Å². The molecule has 30 heavy (non-hydrogen) atoms. The van der Waals surface area contributed by atoms with Crippen LogP contribution in [0.1, 0.15) is 40.0 Å². The van der Waals surface area contributed by atoms with E-state index in [2.05, 4.69) is 0 Å². The molecule has 4 rings (SSSR count). The number of ether oxygens (including phenoxy) is 1. The van der Waals surface area contributed by atoms with Crippen LogP contribution in [0.4, 0.5) is 8.78 Å². The molecular weight excluding hydrogens is 394 g/mol. The van der Waals surface area contributed by atoms with Crippen LogP contribution in [0.15, 0.2) is 35.5 Å². The molecule has 0 spiro atoms. The third kappa shape index (κ3) is 2.63. The number of ketones is 2. The largest absolute Gasteiger partial charge is 0.457 e. The molecule has 4 aliphatic carbocycles. The molecule has 0 heterocycles. The maximum absolute atomic E-state index is 16.8. The average Bonchev–Trinajstić information content (AvgIpc) is 3.00. The van der Waals surface area contributed by atoms with E-state index in [9.17, 15) is 19.5 Å². The van der Waals surface area contributed by atoms with Crippen LogP contribution in [0.5, 0.6) is 0 Å². The number of Topliss-reactive ketones (excluding diaryl/α,β-unsaturated/α-hetero) is 1. The third-order valence-electron chi connectivity index (χ3n) is 7.92. The van der Waals surface area contributed by atoms with E-state index in [1.807, 2.05) is 0 Å². The Morgan fingerprint density at radius 2 is 2.00 bits per heavy atom. The van der Waals surface area contributed by atoms with Crippen LogP contribution in [0.2, 0.25) is 0 Å². The highest BCUT2D eigenvalue weighted by Gasteiger charge is 2.71. The maximum atomic E-state index is 16.8. The average molecular weight is 420 g/mol. The molecule has 0 saturated heterocycles. The summed E-state index contributed by atoms with van der Waals surface area (Å²) in [7, 11) is 0. The zero-order valence-corrected chi connectivity index (χ0v) is 17.3. The molecule has 7 atom stereocenters. The van der Waals surface area contributed by atoms with Gasteiger partial charge in [0.25, 0.3) is 0 Å². The van der Waals surface area contributed by atoms with Gasteiger partial charge >= 0.3 is 5.97 Å². The van der Waals surface area contributed by atoms with E-state index < -0.39 is 47.3 Å². The smallest absolute Gasteiger partial charge is 0.303 e. The summed E-state index contributed by atoms with van der Waals surface area (Å²) >= 11 is 0. The van der Waals surface area contributed by atoms with Crippen molar-refractivity contribution in [1.29, 1.82) is 0 Å². The number of carbonyl (C=O) groups is 3. The van der Waals surface area contributed by atoms with E-state index in [-0.39, 0.29) is 35.9 Å². The molecule has 0 aromatic rings. The number of halogens is 2. The number of alkyl halides is 2.